The van der Waals surface area contributed by atoms with Crippen molar-refractivity contribution < 1.29 is 50.9 Å². The Balaban J connectivity index is 0.000000221. The van der Waals surface area contributed by atoms with Crippen molar-refractivity contribution in [3.63, 3.8) is 0 Å². The molecule has 21 heteroatoms. The summed E-state index contributed by atoms with van der Waals surface area (Å²) < 4.78 is 78.8. The van der Waals surface area contributed by atoms with Crippen LogP contribution in [-0.2, 0) is 32.8 Å². The van der Waals surface area contributed by atoms with E-state index in [0.717, 1.165) is 134 Å². The number of aliphatic carboxylic acids is 1. The highest BCUT2D eigenvalue weighted by atomic mass is 19.4. The summed E-state index contributed by atoms with van der Waals surface area (Å²) >= 11 is 0. The van der Waals surface area contributed by atoms with Crippen LogP contribution in [0.3, 0.4) is 0 Å². The molecule has 4 N–H and O–H groups in total. The van der Waals surface area contributed by atoms with Gasteiger partial charge in [0.1, 0.15) is 11.1 Å². The highest BCUT2D eigenvalue weighted by Gasteiger charge is 2.40. The number of hydrogen-bond donors (Lipinski definition) is 4. The molecule has 2 saturated heterocycles. The van der Waals surface area contributed by atoms with Gasteiger partial charge in [0.15, 0.2) is 0 Å². The minimum atomic E-state index is -4.80. The molecule has 4 aromatic rings. The fraction of sp³-hybridized carbons (Fsp3) is 0.581. The van der Waals surface area contributed by atoms with E-state index in [-0.39, 0.29) is 52.0 Å². The van der Waals surface area contributed by atoms with E-state index in [1.165, 1.54) is 34.6 Å². The van der Waals surface area contributed by atoms with Crippen molar-refractivity contribution in [3.8, 4) is 0 Å². The molecule has 15 nitrogen and oxygen atoms in total. The molecule has 8 rings (SSSR count). The first-order valence-electron chi connectivity index (χ1n) is 29.0. The number of benzene rings is 4. The highest BCUT2D eigenvalue weighted by Crippen LogP contribution is 2.40. The normalized spacial score (nSPS) is 20.2. The van der Waals surface area contributed by atoms with Gasteiger partial charge in [-0.05, 0) is 173 Å². The van der Waals surface area contributed by atoms with Gasteiger partial charge in [0.05, 0.1) is 15.8 Å². The van der Waals surface area contributed by atoms with E-state index >= 15 is 0 Å². The molecular weight excluding hydrogens is 1080 g/mol. The molecule has 4 fully saturated rings. The van der Waals surface area contributed by atoms with Crippen molar-refractivity contribution in [2.24, 2.45) is 23.7 Å². The maximum atomic E-state index is 13.3. The second-order valence-electron chi connectivity index (χ2n) is 24.9. The van der Waals surface area contributed by atoms with Crippen LogP contribution in [-0.4, -0.2) is 97.2 Å². The van der Waals surface area contributed by atoms with E-state index in [9.17, 15) is 56.2 Å². The summed E-state index contributed by atoms with van der Waals surface area (Å²) in [7, 11) is 3.78. The predicted molar refractivity (Wildman–Crippen MR) is 314 cm³/mol. The molecule has 0 bridgehead atoms. The molecular formula is C62H84F6N8O7. The van der Waals surface area contributed by atoms with Gasteiger partial charge in [-0.3, -0.25) is 29.8 Å². The van der Waals surface area contributed by atoms with Gasteiger partial charge in [0, 0.05) is 92.7 Å². The zero-order valence-corrected chi connectivity index (χ0v) is 49.2. The molecule has 4 aliphatic rings. The molecule has 456 valence electrons. The highest BCUT2D eigenvalue weighted by molar-refractivity contribution is 5.79. The first-order chi connectivity index (χ1) is 38.9. The van der Waals surface area contributed by atoms with Gasteiger partial charge >= 0.3 is 18.3 Å². The van der Waals surface area contributed by atoms with E-state index in [1.807, 2.05) is 19.0 Å². The Labute approximate surface area is 484 Å². The zero-order valence-electron chi connectivity index (χ0n) is 49.2. The quantitative estimate of drug-likeness (QED) is 0.0533. The van der Waals surface area contributed by atoms with E-state index in [1.54, 1.807) is 0 Å². The lowest BCUT2D eigenvalue weighted by Crippen LogP contribution is -2.43. The van der Waals surface area contributed by atoms with Crippen molar-refractivity contribution in [2.45, 2.75) is 154 Å². The van der Waals surface area contributed by atoms with Gasteiger partial charge < -0.3 is 35.8 Å². The minimum Gasteiger partial charge on any atom is -0.481 e. The molecule has 0 aromatic heterocycles. The molecule has 0 radical (unpaired) electrons. The number of carbonyl (C=O) groups excluding carboxylic acids is 1. The summed E-state index contributed by atoms with van der Waals surface area (Å²) in [6, 6.07) is 23.6. The number of rotatable bonds is 14. The number of amides is 1. The average molecular weight is 1170 g/mol. The van der Waals surface area contributed by atoms with Gasteiger partial charge in [0.2, 0.25) is 5.91 Å². The Hall–Kier alpha value is -6.64. The summed E-state index contributed by atoms with van der Waals surface area (Å²) in [5, 5.41) is 40.1. The third kappa shape index (κ3) is 18.9. The minimum absolute atomic E-state index is 0.0170. The topological polar surface area (TPSA) is 186 Å². The lowest BCUT2D eigenvalue weighted by Gasteiger charge is -2.36. The van der Waals surface area contributed by atoms with Gasteiger partial charge in [-0.2, -0.15) is 26.3 Å². The lowest BCUT2D eigenvalue weighted by atomic mass is 9.85. The van der Waals surface area contributed by atoms with Gasteiger partial charge in [0.25, 0.3) is 11.4 Å². The molecule has 2 aliphatic heterocycles. The Kier molecular flexibility index (Phi) is 22.3. The third-order valence-corrected chi connectivity index (χ3v) is 16.7. The molecule has 2 heterocycles. The van der Waals surface area contributed by atoms with Crippen molar-refractivity contribution in [3.05, 3.63) is 127 Å². The van der Waals surface area contributed by atoms with Crippen LogP contribution in [0.5, 0.6) is 0 Å². The van der Waals surface area contributed by atoms with Crippen LogP contribution in [0.25, 0.3) is 0 Å². The number of alkyl halides is 6. The molecule has 0 atom stereocenters. The van der Waals surface area contributed by atoms with E-state index < -0.39 is 50.7 Å². The zero-order chi connectivity index (χ0) is 61.0. The number of piperidine rings is 2. The second kappa shape index (κ2) is 28.3. The molecule has 4 aromatic carbocycles. The van der Waals surface area contributed by atoms with E-state index in [2.05, 4.69) is 116 Å². The van der Waals surface area contributed by atoms with Crippen LogP contribution in [0.1, 0.15) is 141 Å². The number of nitro benzene ring substituents is 2. The Bertz CT molecular complexity index is 2770. The molecule has 2 saturated carbocycles. The number of nitrogens with one attached hydrogen (secondary N) is 3. The van der Waals surface area contributed by atoms with Crippen LogP contribution < -0.4 is 25.8 Å². The number of hydrogen-bond acceptors (Lipinski definition) is 11. The Morgan fingerprint density at radius 2 is 0.928 bits per heavy atom. The summed E-state index contributed by atoms with van der Waals surface area (Å²) in [6.45, 7) is 18.3. The largest absolute Gasteiger partial charge is 0.481 e. The van der Waals surface area contributed by atoms with Gasteiger partial charge in [-0.15, -0.1) is 0 Å². The first kappa shape index (κ1) is 65.5. The molecule has 83 heavy (non-hydrogen) atoms. The van der Waals surface area contributed by atoms with Crippen LogP contribution in [0.15, 0.2) is 84.9 Å². The second-order valence-corrected chi connectivity index (χ2v) is 24.9. The van der Waals surface area contributed by atoms with Crippen LogP contribution in [0, 0.1) is 43.9 Å². The number of nitro groups is 2. The maximum Gasteiger partial charge on any atom is 0.423 e. The molecule has 0 spiro atoms. The number of carbonyl (C=O) groups is 2. The molecule has 0 unspecified atom stereocenters. The standard InChI is InChI=1S/C31H41F3N4O3.C16H23NO2.C15H20F3N3O2/c1-30(2,3)23-7-12-26(13-8-23)37-17-15-22(16-18-37)29(39)36(4)20-21-5-9-24(10-6-21)35-25-11-14-28(38(40)41)27(19-25)31(32,33)34;1-16(2,3)13-4-6-14(7-5-13)17-10-8-12(9-11-17)15(18)19;1-19-9-10-2-4-11(5-3-10)20-12-6-7-14(21(22)23)13(8-12)15(16,17)18/h7-8,11-14,19,21-22,24,35H,5-6,9-10,15-18,20H2,1-4H3;4-7,12H,8-11H2,1-3H3,(H,18,19);6-8,10-11,19-20H,2-5,9H2,1H3. The summed E-state index contributed by atoms with van der Waals surface area (Å²) in [5.41, 5.74) is 1.53. The van der Waals surface area contributed by atoms with Crippen molar-refractivity contribution in [2.75, 3.05) is 73.8 Å². The Morgan fingerprint density at radius 3 is 1.25 bits per heavy atom. The van der Waals surface area contributed by atoms with Gasteiger partial charge in [-0.1, -0.05) is 65.8 Å². The van der Waals surface area contributed by atoms with Crippen LogP contribution in [0.4, 0.5) is 60.5 Å². The van der Waals surface area contributed by atoms with Crippen LogP contribution >= 0.6 is 0 Å². The number of anilines is 4. The van der Waals surface area contributed by atoms with Crippen LogP contribution in [0.2, 0.25) is 0 Å². The van der Waals surface area contributed by atoms with Crippen molar-refractivity contribution >= 4 is 46.0 Å². The summed E-state index contributed by atoms with van der Waals surface area (Å²) in [6.07, 6.45) is 0.626. The lowest BCUT2D eigenvalue weighted by molar-refractivity contribution is -0.388. The third-order valence-electron chi connectivity index (χ3n) is 16.7. The smallest absolute Gasteiger partial charge is 0.423 e. The number of carboxylic acids is 1. The summed E-state index contributed by atoms with van der Waals surface area (Å²) in [5.74, 6) is 0.339. The van der Waals surface area contributed by atoms with Crippen molar-refractivity contribution in [1.29, 1.82) is 0 Å². The number of nitrogens with zero attached hydrogens (tertiary/aromatic N) is 5. The average Bonchev–Trinajstić information content (AvgIpc) is 3.65. The van der Waals surface area contributed by atoms with Crippen molar-refractivity contribution in [1.82, 2.24) is 10.2 Å². The fourth-order valence-electron chi connectivity index (χ4n) is 11.7. The van der Waals surface area contributed by atoms with Gasteiger partial charge in [-0.25, -0.2) is 0 Å². The molecule has 1 amide bonds. The van der Waals surface area contributed by atoms with E-state index in [4.69, 9.17) is 5.11 Å². The molecule has 2 aliphatic carbocycles. The maximum absolute atomic E-state index is 13.3. The SMILES string of the molecule is CC(C)(C)c1ccc(N2CCC(C(=O)O)CC2)cc1.CN(CC1CCC(Nc2ccc([N+](=O)[O-])c(C(F)(F)F)c2)CC1)C(=O)C1CCN(c2ccc(C(C)(C)C)cc2)CC1.CNCC1CCC(Nc2ccc([N+](=O)[O-])c(C(F)(F)F)c2)CC1. The number of carboxylic acid groups (broad SMARTS) is 1. The number of halogens is 6. The first-order valence-corrected chi connectivity index (χ1v) is 29.0. The summed E-state index contributed by atoms with van der Waals surface area (Å²) in [4.78, 5) is 50.4. The Morgan fingerprint density at radius 1 is 0.566 bits per heavy atom. The fourth-order valence-corrected chi connectivity index (χ4v) is 11.7. The monoisotopic (exact) mass is 1170 g/mol. The predicted octanol–water partition coefficient (Wildman–Crippen LogP) is 14.3. The van der Waals surface area contributed by atoms with E-state index in [0.29, 0.717) is 18.4 Å².